The number of nitrogens with zero attached hydrogens (tertiary/aromatic N) is 2. The lowest BCUT2D eigenvalue weighted by Gasteiger charge is -2.34. The van der Waals surface area contributed by atoms with E-state index in [1.807, 2.05) is 0 Å². The molecule has 1 saturated heterocycles. The van der Waals surface area contributed by atoms with Gasteiger partial charge >= 0.3 is 0 Å². The van der Waals surface area contributed by atoms with Crippen LogP contribution in [0.5, 0.6) is 11.5 Å². The van der Waals surface area contributed by atoms with E-state index in [1.54, 1.807) is 17.0 Å². The molecule has 0 radical (unpaired) electrons. The minimum absolute atomic E-state index is 0.171. The molecular weight excluding hydrogens is 344 g/mol. The van der Waals surface area contributed by atoms with Crippen LogP contribution < -0.4 is 9.47 Å². The smallest absolute Gasteiger partial charge is 0.243 e. The summed E-state index contributed by atoms with van der Waals surface area (Å²) in [5.74, 6) is 1.40. The Hall–Kier alpha value is -1.80. The summed E-state index contributed by atoms with van der Waals surface area (Å²) in [6.45, 7) is 2.65. The molecule has 4 rings (SSSR count). The van der Waals surface area contributed by atoms with Crippen LogP contribution in [0.15, 0.2) is 23.1 Å². The Labute approximate surface area is 147 Å². The van der Waals surface area contributed by atoms with Crippen molar-refractivity contribution in [1.29, 1.82) is 0 Å². The molecule has 1 amide bonds. The molecule has 136 valence electrons. The van der Waals surface area contributed by atoms with Gasteiger partial charge in [0.1, 0.15) is 0 Å². The molecule has 2 aliphatic heterocycles. The number of ether oxygens (including phenoxy) is 2. The van der Waals surface area contributed by atoms with E-state index >= 15 is 0 Å². The van der Waals surface area contributed by atoms with Crippen molar-refractivity contribution in [2.45, 2.75) is 24.2 Å². The molecule has 1 aromatic carbocycles. The number of carbonyl (C=O) groups excluding carboxylic acids is 1. The quantitative estimate of drug-likeness (QED) is 0.800. The highest BCUT2D eigenvalue weighted by Crippen LogP contribution is 2.34. The van der Waals surface area contributed by atoms with Crippen LogP contribution in [0.1, 0.15) is 19.3 Å². The number of fused-ring (bicyclic) bond motifs is 1. The molecule has 2 heterocycles. The zero-order chi connectivity index (χ0) is 17.4. The van der Waals surface area contributed by atoms with Gasteiger partial charge in [-0.05, 0) is 25.0 Å². The number of rotatable bonds is 3. The van der Waals surface area contributed by atoms with Crippen molar-refractivity contribution >= 4 is 15.9 Å². The third-order valence-electron chi connectivity index (χ3n) is 4.83. The van der Waals surface area contributed by atoms with Crippen LogP contribution in [0.25, 0.3) is 0 Å². The van der Waals surface area contributed by atoms with Gasteiger partial charge in [0.2, 0.25) is 15.9 Å². The molecule has 0 atom stereocenters. The van der Waals surface area contributed by atoms with Crippen LogP contribution in [-0.4, -0.2) is 62.9 Å². The molecule has 0 spiro atoms. The van der Waals surface area contributed by atoms with Crippen molar-refractivity contribution in [2.75, 3.05) is 39.4 Å². The van der Waals surface area contributed by atoms with E-state index in [0.717, 1.165) is 19.3 Å². The molecular formula is C17H22N2O5S. The van der Waals surface area contributed by atoms with Crippen molar-refractivity contribution < 1.29 is 22.7 Å². The number of benzene rings is 1. The zero-order valence-corrected chi connectivity index (χ0v) is 14.8. The first-order chi connectivity index (χ1) is 12.1. The third-order valence-corrected chi connectivity index (χ3v) is 6.73. The Kier molecular flexibility index (Phi) is 4.33. The summed E-state index contributed by atoms with van der Waals surface area (Å²) < 4.78 is 38.4. The summed E-state index contributed by atoms with van der Waals surface area (Å²) in [5, 5.41) is 0. The van der Waals surface area contributed by atoms with E-state index in [1.165, 1.54) is 10.4 Å². The van der Waals surface area contributed by atoms with Gasteiger partial charge in [0.05, 0.1) is 18.1 Å². The first kappa shape index (κ1) is 16.7. The first-order valence-corrected chi connectivity index (χ1v) is 10.2. The second kappa shape index (κ2) is 6.49. The van der Waals surface area contributed by atoms with Gasteiger partial charge < -0.3 is 14.4 Å². The Morgan fingerprint density at radius 1 is 1.00 bits per heavy atom. The van der Waals surface area contributed by atoms with Gasteiger partial charge in [-0.25, -0.2) is 8.42 Å². The number of piperazine rings is 1. The SMILES string of the molecule is O=C(C1CC1)N1CCN(S(=O)(=O)c2ccc3c(c2)OCCCO3)CC1. The van der Waals surface area contributed by atoms with Gasteiger partial charge in [0.15, 0.2) is 11.5 Å². The average Bonchev–Trinajstić information content (AvgIpc) is 3.47. The monoisotopic (exact) mass is 366 g/mol. The standard InChI is InChI=1S/C17H22N2O5S/c20-17(13-2-3-13)18-6-8-19(9-7-18)25(21,22)14-4-5-15-16(12-14)24-11-1-10-23-15/h4-5,12-13H,1-3,6-11H2. The largest absolute Gasteiger partial charge is 0.490 e. The minimum atomic E-state index is -3.60. The summed E-state index contributed by atoms with van der Waals surface area (Å²) >= 11 is 0. The van der Waals surface area contributed by atoms with Crippen molar-refractivity contribution in [2.24, 2.45) is 5.92 Å². The Balaban J connectivity index is 1.48. The van der Waals surface area contributed by atoms with Gasteiger partial charge in [-0.15, -0.1) is 0 Å². The van der Waals surface area contributed by atoms with E-state index in [-0.39, 0.29) is 16.7 Å². The summed E-state index contributed by atoms with van der Waals surface area (Å²) in [7, 11) is -3.60. The minimum Gasteiger partial charge on any atom is -0.490 e. The predicted octanol–water partition coefficient (Wildman–Crippen LogP) is 1.09. The van der Waals surface area contributed by atoms with Crippen molar-refractivity contribution in [1.82, 2.24) is 9.21 Å². The van der Waals surface area contributed by atoms with E-state index < -0.39 is 10.0 Å². The molecule has 1 aliphatic carbocycles. The van der Waals surface area contributed by atoms with Gasteiger partial charge in [-0.1, -0.05) is 0 Å². The molecule has 0 aromatic heterocycles. The lowest BCUT2D eigenvalue weighted by Crippen LogP contribution is -2.50. The normalized spacial score (nSPS) is 21.7. The van der Waals surface area contributed by atoms with Crippen LogP contribution >= 0.6 is 0 Å². The Bertz CT molecular complexity index is 767. The highest BCUT2D eigenvalue weighted by molar-refractivity contribution is 7.89. The zero-order valence-electron chi connectivity index (χ0n) is 14.0. The van der Waals surface area contributed by atoms with E-state index in [9.17, 15) is 13.2 Å². The maximum atomic E-state index is 12.9. The van der Waals surface area contributed by atoms with Gasteiger partial charge in [-0.2, -0.15) is 4.31 Å². The number of amides is 1. The van der Waals surface area contributed by atoms with Crippen LogP contribution in [0.2, 0.25) is 0 Å². The predicted molar refractivity (Wildman–Crippen MR) is 90.1 cm³/mol. The Morgan fingerprint density at radius 2 is 1.68 bits per heavy atom. The Morgan fingerprint density at radius 3 is 2.36 bits per heavy atom. The lowest BCUT2D eigenvalue weighted by atomic mass is 10.3. The summed E-state index contributed by atoms with van der Waals surface area (Å²) in [5.41, 5.74) is 0. The first-order valence-electron chi connectivity index (χ1n) is 8.74. The van der Waals surface area contributed by atoms with E-state index in [0.29, 0.717) is 50.9 Å². The highest BCUT2D eigenvalue weighted by atomic mass is 32.2. The second-order valence-corrected chi connectivity index (χ2v) is 8.60. The van der Waals surface area contributed by atoms with Crippen molar-refractivity contribution in [3.8, 4) is 11.5 Å². The van der Waals surface area contributed by atoms with Crippen LogP contribution in [-0.2, 0) is 14.8 Å². The highest BCUT2D eigenvalue weighted by Gasteiger charge is 2.36. The fourth-order valence-electron chi connectivity index (χ4n) is 3.19. The molecule has 0 N–H and O–H groups in total. The van der Waals surface area contributed by atoms with E-state index in [2.05, 4.69) is 0 Å². The number of sulfonamides is 1. The number of carbonyl (C=O) groups is 1. The molecule has 0 unspecified atom stereocenters. The molecule has 2 fully saturated rings. The number of hydrogen-bond acceptors (Lipinski definition) is 5. The van der Waals surface area contributed by atoms with Crippen LogP contribution in [0.4, 0.5) is 0 Å². The van der Waals surface area contributed by atoms with Crippen molar-refractivity contribution in [3.63, 3.8) is 0 Å². The molecule has 1 saturated carbocycles. The van der Waals surface area contributed by atoms with Crippen molar-refractivity contribution in [3.05, 3.63) is 18.2 Å². The fourth-order valence-corrected chi connectivity index (χ4v) is 4.63. The fraction of sp³-hybridized carbons (Fsp3) is 0.588. The second-order valence-electron chi connectivity index (χ2n) is 6.66. The maximum absolute atomic E-state index is 12.9. The van der Waals surface area contributed by atoms with E-state index in [4.69, 9.17) is 9.47 Å². The lowest BCUT2D eigenvalue weighted by molar-refractivity contribution is -0.133. The van der Waals surface area contributed by atoms with Crippen LogP contribution in [0, 0.1) is 5.92 Å². The molecule has 8 heteroatoms. The summed E-state index contributed by atoms with van der Waals surface area (Å²) in [6.07, 6.45) is 2.71. The van der Waals surface area contributed by atoms with Gasteiger partial charge in [0, 0.05) is 44.6 Å². The average molecular weight is 366 g/mol. The van der Waals surface area contributed by atoms with Gasteiger partial charge in [-0.3, -0.25) is 4.79 Å². The third kappa shape index (κ3) is 3.32. The molecule has 25 heavy (non-hydrogen) atoms. The molecule has 0 bridgehead atoms. The topological polar surface area (TPSA) is 76.2 Å². The molecule has 7 nitrogen and oxygen atoms in total. The number of hydrogen-bond donors (Lipinski definition) is 0. The van der Waals surface area contributed by atoms with Crippen LogP contribution in [0.3, 0.4) is 0 Å². The maximum Gasteiger partial charge on any atom is 0.243 e. The van der Waals surface area contributed by atoms with Gasteiger partial charge in [0.25, 0.3) is 0 Å². The molecule has 3 aliphatic rings. The summed E-state index contributed by atoms with van der Waals surface area (Å²) in [4.78, 5) is 14.1. The molecule has 1 aromatic rings. The summed E-state index contributed by atoms with van der Waals surface area (Å²) in [6, 6.07) is 4.75.